The zero-order valence-corrected chi connectivity index (χ0v) is 21.1. The zero-order chi connectivity index (χ0) is 25.3. The summed E-state index contributed by atoms with van der Waals surface area (Å²) in [5.74, 6) is 1.01. The number of ether oxygens (including phenoxy) is 4. The third-order valence-electron chi connectivity index (χ3n) is 6.53. The van der Waals surface area contributed by atoms with E-state index >= 15 is 0 Å². The van der Waals surface area contributed by atoms with Crippen LogP contribution in [0.2, 0.25) is 0 Å². The van der Waals surface area contributed by atoms with Crippen LogP contribution in [0.1, 0.15) is 38.3 Å². The molecule has 0 saturated heterocycles. The maximum Gasteiger partial charge on any atom is 0.325 e. The minimum atomic E-state index is -0.586. The number of methoxy groups -OCH3 is 4. The molecule has 0 fully saturated rings. The molecule has 0 aromatic heterocycles. The number of fused-ring (bicyclic) bond motifs is 1. The van der Waals surface area contributed by atoms with E-state index < -0.39 is 12.0 Å². The standard InChI is InChI=1S/C27H32N2O6/c1-27(2)13-18-24(20(30)14-27)25(16-11-21(32-3)26(35-6)22(12-16)33-4)29(15-23(31)34-5)19-10-8-7-9-17(19)28-18/h7-12,25,28H,13-15H2,1-6H3/t25-/m0/s1. The maximum absolute atomic E-state index is 13.7. The van der Waals surface area contributed by atoms with E-state index in [1.807, 2.05) is 41.3 Å². The molecule has 0 spiro atoms. The highest BCUT2D eigenvalue weighted by Gasteiger charge is 2.42. The van der Waals surface area contributed by atoms with Gasteiger partial charge in [-0.05, 0) is 41.7 Å². The highest BCUT2D eigenvalue weighted by molar-refractivity contribution is 6.01. The molecule has 8 nitrogen and oxygen atoms in total. The van der Waals surface area contributed by atoms with Gasteiger partial charge in [-0.1, -0.05) is 26.0 Å². The van der Waals surface area contributed by atoms with Gasteiger partial charge in [-0.15, -0.1) is 0 Å². The molecule has 1 aliphatic carbocycles. The molecule has 0 saturated carbocycles. The molecule has 0 amide bonds. The first-order valence-electron chi connectivity index (χ1n) is 11.5. The average Bonchev–Trinajstić information content (AvgIpc) is 2.96. The fourth-order valence-corrected chi connectivity index (χ4v) is 5.04. The van der Waals surface area contributed by atoms with Crippen LogP contribution < -0.4 is 24.4 Å². The van der Waals surface area contributed by atoms with E-state index in [0.29, 0.717) is 35.7 Å². The Morgan fingerprint density at radius 1 is 1.03 bits per heavy atom. The number of esters is 1. The summed E-state index contributed by atoms with van der Waals surface area (Å²) >= 11 is 0. The van der Waals surface area contributed by atoms with Crippen molar-refractivity contribution in [2.75, 3.05) is 45.2 Å². The van der Waals surface area contributed by atoms with Crippen LogP contribution in [0, 0.1) is 5.41 Å². The first-order chi connectivity index (χ1) is 16.7. The number of hydrogen-bond donors (Lipinski definition) is 1. The van der Waals surface area contributed by atoms with Crippen LogP contribution in [0.3, 0.4) is 0 Å². The van der Waals surface area contributed by atoms with E-state index in [1.54, 1.807) is 21.3 Å². The van der Waals surface area contributed by atoms with Crippen molar-refractivity contribution in [1.82, 2.24) is 0 Å². The minimum absolute atomic E-state index is 0.0326. The summed E-state index contributed by atoms with van der Waals surface area (Å²) in [5.41, 5.74) is 3.63. The summed E-state index contributed by atoms with van der Waals surface area (Å²) < 4.78 is 21.8. The number of allylic oxidation sites excluding steroid dienone is 1. The fourth-order valence-electron chi connectivity index (χ4n) is 5.04. The second-order valence-electron chi connectivity index (χ2n) is 9.54. The van der Waals surface area contributed by atoms with E-state index in [9.17, 15) is 9.59 Å². The van der Waals surface area contributed by atoms with Crippen LogP contribution in [-0.2, 0) is 14.3 Å². The van der Waals surface area contributed by atoms with Gasteiger partial charge in [0, 0.05) is 17.7 Å². The number of rotatable bonds is 6. The average molecular weight is 481 g/mol. The molecule has 2 aliphatic rings. The lowest BCUT2D eigenvalue weighted by molar-refractivity contribution is -0.139. The fraction of sp³-hybridized carbons (Fsp3) is 0.407. The van der Waals surface area contributed by atoms with E-state index in [2.05, 4.69) is 19.2 Å². The van der Waals surface area contributed by atoms with Gasteiger partial charge in [0.25, 0.3) is 0 Å². The Balaban J connectivity index is 2.03. The van der Waals surface area contributed by atoms with Crippen molar-refractivity contribution in [3.8, 4) is 17.2 Å². The van der Waals surface area contributed by atoms with Crippen LogP contribution in [-0.4, -0.2) is 46.7 Å². The smallest absolute Gasteiger partial charge is 0.325 e. The number of anilines is 2. The first-order valence-corrected chi connectivity index (χ1v) is 11.5. The molecule has 2 aromatic carbocycles. The van der Waals surface area contributed by atoms with Crippen molar-refractivity contribution in [2.45, 2.75) is 32.7 Å². The van der Waals surface area contributed by atoms with Crippen LogP contribution in [0.5, 0.6) is 17.2 Å². The largest absolute Gasteiger partial charge is 0.493 e. The second-order valence-corrected chi connectivity index (χ2v) is 9.54. The van der Waals surface area contributed by atoms with Gasteiger partial charge in [0.05, 0.1) is 45.9 Å². The summed E-state index contributed by atoms with van der Waals surface area (Å²) in [5, 5.41) is 3.53. The number of carbonyl (C=O) groups is 2. The van der Waals surface area contributed by atoms with E-state index in [1.165, 1.54) is 7.11 Å². The molecule has 1 atom stereocenters. The van der Waals surface area contributed by atoms with Gasteiger partial charge < -0.3 is 29.2 Å². The number of nitrogens with zero attached hydrogens (tertiary/aromatic N) is 1. The van der Waals surface area contributed by atoms with Crippen molar-refractivity contribution in [2.24, 2.45) is 5.41 Å². The lowest BCUT2D eigenvalue weighted by atomic mass is 9.73. The Hall–Kier alpha value is -3.68. The topological polar surface area (TPSA) is 86.3 Å². The predicted molar refractivity (Wildman–Crippen MR) is 133 cm³/mol. The summed E-state index contributed by atoms with van der Waals surface area (Å²) in [6.45, 7) is 4.13. The van der Waals surface area contributed by atoms with Crippen LogP contribution in [0.25, 0.3) is 0 Å². The molecule has 2 aromatic rings. The molecule has 4 rings (SSSR count). The molecule has 1 N–H and O–H groups in total. The molecule has 0 radical (unpaired) electrons. The molecule has 1 heterocycles. The molecule has 0 bridgehead atoms. The highest BCUT2D eigenvalue weighted by Crippen LogP contribution is 2.50. The zero-order valence-electron chi connectivity index (χ0n) is 21.1. The molecule has 8 heteroatoms. The van der Waals surface area contributed by atoms with E-state index in [4.69, 9.17) is 18.9 Å². The number of ketones is 1. The Morgan fingerprint density at radius 2 is 1.69 bits per heavy atom. The third kappa shape index (κ3) is 4.52. The number of hydrogen-bond acceptors (Lipinski definition) is 8. The van der Waals surface area contributed by atoms with Gasteiger partial charge >= 0.3 is 5.97 Å². The molecule has 0 unspecified atom stereocenters. The van der Waals surface area contributed by atoms with Gasteiger partial charge in [-0.25, -0.2) is 0 Å². The van der Waals surface area contributed by atoms with Crippen LogP contribution in [0.4, 0.5) is 11.4 Å². The molecular weight excluding hydrogens is 448 g/mol. The van der Waals surface area contributed by atoms with Crippen molar-refractivity contribution in [1.29, 1.82) is 0 Å². The number of benzene rings is 2. The van der Waals surface area contributed by atoms with Gasteiger partial charge in [0.2, 0.25) is 5.75 Å². The summed E-state index contributed by atoms with van der Waals surface area (Å²) in [4.78, 5) is 28.3. The molecule has 186 valence electrons. The highest BCUT2D eigenvalue weighted by atomic mass is 16.5. The quantitative estimate of drug-likeness (QED) is 0.605. The Morgan fingerprint density at radius 3 is 2.29 bits per heavy atom. The number of Topliss-reactive ketones (excluding diaryl/α,β-unsaturated/α-hetero) is 1. The van der Waals surface area contributed by atoms with E-state index in [-0.39, 0.29) is 17.7 Å². The van der Waals surface area contributed by atoms with Crippen molar-refractivity contribution < 1.29 is 28.5 Å². The van der Waals surface area contributed by atoms with Gasteiger partial charge in [-0.2, -0.15) is 0 Å². The normalized spacial score (nSPS) is 18.6. The van der Waals surface area contributed by atoms with Crippen LogP contribution >= 0.6 is 0 Å². The lowest BCUT2D eigenvalue weighted by Gasteiger charge is -2.37. The molecule has 1 aliphatic heterocycles. The van der Waals surface area contributed by atoms with Gasteiger partial charge in [0.15, 0.2) is 17.3 Å². The molecule has 35 heavy (non-hydrogen) atoms. The van der Waals surface area contributed by atoms with Crippen molar-refractivity contribution >= 4 is 23.1 Å². The minimum Gasteiger partial charge on any atom is -0.493 e. The van der Waals surface area contributed by atoms with Gasteiger partial charge in [0.1, 0.15) is 6.54 Å². The monoisotopic (exact) mass is 480 g/mol. The Kier molecular flexibility index (Phi) is 6.65. The summed E-state index contributed by atoms with van der Waals surface area (Å²) in [6, 6.07) is 10.8. The number of nitrogens with one attached hydrogen (secondary N) is 1. The van der Waals surface area contributed by atoms with Crippen molar-refractivity contribution in [3.05, 3.63) is 53.2 Å². The van der Waals surface area contributed by atoms with Crippen molar-refractivity contribution in [3.63, 3.8) is 0 Å². The first kappa shape index (κ1) is 24.4. The third-order valence-corrected chi connectivity index (χ3v) is 6.53. The SMILES string of the molecule is COC(=O)CN1c2ccccc2NC2=C(C(=O)CC(C)(C)C2)[C@@H]1c1cc(OC)c(OC)c(OC)c1. The van der Waals surface area contributed by atoms with Crippen LogP contribution in [0.15, 0.2) is 47.7 Å². The maximum atomic E-state index is 13.7. The number of para-hydroxylation sites is 2. The molecular formula is C27H32N2O6. The predicted octanol–water partition coefficient (Wildman–Crippen LogP) is 4.50. The van der Waals surface area contributed by atoms with E-state index in [0.717, 1.165) is 22.6 Å². The second kappa shape index (κ2) is 9.52. The Labute approximate surface area is 205 Å². The lowest BCUT2D eigenvalue weighted by Crippen LogP contribution is -2.39. The van der Waals surface area contributed by atoms with Gasteiger partial charge in [-0.3, -0.25) is 9.59 Å². The number of carbonyl (C=O) groups excluding carboxylic acids is 2. The Bertz CT molecular complexity index is 1160. The summed E-state index contributed by atoms with van der Waals surface area (Å²) in [7, 11) is 6.01. The summed E-state index contributed by atoms with van der Waals surface area (Å²) in [6.07, 6.45) is 1.09.